The smallest absolute Gasteiger partial charge is 0.0771 e. The molecule has 0 aliphatic carbocycles. The van der Waals surface area contributed by atoms with Gasteiger partial charge in [0.05, 0.1) is 18.8 Å². The summed E-state index contributed by atoms with van der Waals surface area (Å²) in [5.41, 5.74) is 7.76. The lowest BCUT2D eigenvalue weighted by Crippen LogP contribution is -2.36. The molecular formula is C11H14N2O. The largest absolute Gasteiger partial charge is 0.399 e. The second kappa shape index (κ2) is 2.89. The van der Waals surface area contributed by atoms with Crippen LogP contribution in [0.25, 0.3) is 0 Å². The Bertz CT molecular complexity index is 336. The van der Waals surface area contributed by atoms with Crippen LogP contribution in [0.5, 0.6) is 0 Å². The zero-order valence-corrected chi connectivity index (χ0v) is 8.02. The van der Waals surface area contributed by atoms with Crippen molar-refractivity contribution in [2.45, 2.75) is 18.6 Å². The van der Waals surface area contributed by atoms with Gasteiger partial charge in [0.2, 0.25) is 0 Å². The third-order valence-corrected chi connectivity index (χ3v) is 3.13. The highest BCUT2D eigenvalue weighted by molar-refractivity contribution is 5.55. The van der Waals surface area contributed by atoms with Gasteiger partial charge in [0.15, 0.2) is 0 Å². The predicted molar refractivity (Wildman–Crippen MR) is 56.3 cm³/mol. The lowest BCUT2D eigenvalue weighted by molar-refractivity contribution is 0.0991. The van der Waals surface area contributed by atoms with Gasteiger partial charge < -0.3 is 15.4 Å². The molecule has 3 heteroatoms. The fourth-order valence-electron chi connectivity index (χ4n) is 2.38. The van der Waals surface area contributed by atoms with Crippen LogP contribution in [0.1, 0.15) is 6.42 Å². The molecule has 2 aliphatic rings. The van der Waals surface area contributed by atoms with Crippen LogP contribution in [0, 0.1) is 0 Å². The minimum atomic E-state index is 0.456. The average molecular weight is 190 g/mol. The van der Waals surface area contributed by atoms with Gasteiger partial charge in [0.1, 0.15) is 0 Å². The van der Waals surface area contributed by atoms with E-state index in [4.69, 9.17) is 10.5 Å². The predicted octanol–water partition coefficient (Wildman–Crippen LogP) is 1.25. The molecule has 74 valence electrons. The van der Waals surface area contributed by atoms with Crippen LogP contribution in [0.3, 0.4) is 0 Å². The molecule has 2 atom stereocenters. The van der Waals surface area contributed by atoms with Crippen molar-refractivity contribution in [1.29, 1.82) is 0 Å². The Morgan fingerprint density at radius 2 is 2.07 bits per heavy atom. The molecule has 1 aromatic rings. The van der Waals surface area contributed by atoms with Crippen LogP contribution in [0.2, 0.25) is 0 Å². The summed E-state index contributed by atoms with van der Waals surface area (Å²) in [6.07, 6.45) is 1.64. The standard InChI is InChI=1S/C11H14N2O/c12-8-1-3-9(4-2-8)13-6-11-5-10(13)7-14-11/h1-4,10-11H,5-7,12H2/t10-,11-/m0/s1. The number of anilines is 2. The lowest BCUT2D eigenvalue weighted by Gasteiger charge is -2.28. The first-order chi connectivity index (χ1) is 6.83. The van der Waals surface area contributed by atoms with Crippen molar-refractivity contribution < 1.29 is 4.74 Å². The van der Waals surface area contributed by atoms with E-state index in [0.717, 1.165) is 18.8 Å². The Hall–Kier alpha value is -1.22. The normalized spacial score (nSPS) is 29.9. The second-order valence-corrected chi connectivity index (χ2v) is 4.09. The molecule has 2 saturated heterocycles. The average Bonchev–Trinajstić information content (AvgIpc) is 2.80. The number of benzene rings is 1. The maximum atomic E-state index is 5.66. The molecule has 2 N–H and O–H groups in total. The molecule has 0 radical (unpaired) electrons. The Labute approximate surface area is 83.5 Å². The maximum absolute atomic E-state index is 5.66. The van der Waals surface area contributed by atoms with E-state index in [2.05, 4.69) is 17.0 Å². The molecular weight excluding hydrogens is 176 g/mol. The number of ether oxygens (including phenoxy) is 1. The fraction of sp³-hybridized carbons (Fsp3) is 0.455. The van der Waals surface area contributed by atoms with Crippen molar-refractivity contribution in [2.24, 2.45) is 0 Å². The number of nitrogen functional groups attached to an aromatic ring is 1. The first-order valence-electron chi connectivity index (χ1n) is 5.07. The Morgan fingerprint density at radius 3 is 2.64 bits per heavy atom. The van der Waals surface area contributed by atoms with E-state index in [-0.39, 0.29) is 0 Å². The molecule has 1 aromatic carbocycles. The third kappa shape index (κ3) is 1.16. The van der Waals surface area contributed by atoms with Crippen LogP contribution in [0.4, 0.5) is 11.4 Å². The summed E-state index contributed by atoms with van der Waals surface area (Å²) in [6.45, 7) is 1.92. The van der Waals surface area contributed by atoms with Crippen molar-refractivity contribution in [3.8, 4) is 0 Å². The van der Waals surface area contributed by atoms with Gasteiger partial charge in [-0.2, -0.15) is 0 Å². The molecule has 2 heterocycles. The number of fused-ring (bicyclic) bond motifs is 2. The number of hydrogen-bond acceptors (Lipinski definition) is 3. The lowest BCUT2D eigenvalue weighted by atomic mass is 10.2. The van der Waals surface area contributed by atoms with E-state index in [1.807, 2.05) is 12.1 Å². The summed E-state index contributed by atoms with van der Waals surface area (Å²) in [4.78, 5) is 2.42. The van der Waals surface area contributed by atoms with Gasteiger partial charge in [0.25, 0.3) is 0 Å². The van der Waals surface area contributed by atoms with Crippen molar-refractivity contribution in [2.75, 3.05) is 23.8 Å². The minimum absolute atomic E-state index is 0.456. The zero-order valence-electron chi connectivity index (χ0n) is 8.02. The van der Waals surface area contributed by atoms with Gasteiger partial charge in [-0.3, -0.25) is 0 Å². The molecule has 2 fully saturated rings. The number of nitrogens with two attached hydrogens (primary N) is 1. The minimum Gasteiger partial charge on any atom is -0.399 e. The molecule has 2 aliphatic heterocycles. The van der Waals surface area contributed by atoms with Gasteiger partial charge in [-0.15, -0.1) is 0 Å². The molecule has 0 unspecified atom stereocenters. The van der Waals surface area contributed by atoms with E-state index in [9.17, 15) is 0 Å². The zero-order chi connectivity index (χ0) is 9.54. The third-order valence-electron chi connectivity index (χ3n) is 3.13. The molecule has 0 saturated carbocycles. The summed E-state index contributed by atoms with van der Waals surface area (Å²) in [5.74, 6) is 0. The van der Waals surface area contributed by atoms with Crippen molar-refractivity contribution in [1.82, 2.24) is 0 Å². The number of rotatable bonds is 1. The van der Waals surface area contributed by atoms with Crippen LogP contribution in [0.15, 0.2) is 24.3 Å². The summed E-state index contributed by atoms with van der Waals surface area (Å²) in [5, 5.41) is 0. The maximum Gasteiger partial charge on any atom is 0.0771 e. The molecule has 14 heavy (non-hydrogen) atoms. The first kappa shape index (κ1) is 8.12. The Kier molecular flexibility index (Phi) is 1.67. The molecule has 2 bridgehead atoms. The highest BCUT2D eigenvalue weighted by Gasteiger charge is 2.38. The van der Waals surface area contributed by atoms with Crippen LogP contribution < -0.4 is 10.6 Å². The van der Waals surface area contributed by atoms with E-state index in [1.54, 1.807) is 0 Å². The molecule has 0 amide bonds. The van der Waals surface area contributed by atoms with Gasteiger partial charge in [0, 0.05) is 17.9 Å². The molecule has 3 nitrogen and oxygen atoms in total. The number of morpholine rings is 1. The first-order valence-corrected chi connectivity index (χ1v) is 5.07. The van der Waals surface area contributed by atoms with Gasteiger partial charge in [-0.1, -0.05) is 0 Å². The van der Waals surface area contributed by atoms with E-state index in [1.165, 1.54) is 12.1 Å². The highest BCUT2D eigenvalue weighted by atomic mass is 16.5. The number of nitrogens with zero attached hydrogens (tertiary/aromatic N) is 1. The van der Waals surface area contributed by atoms with Crippen molar-refractivity contribution >= 4 is 11.4 Å². The summed E-state index contributed by atoms with van der Waals surface area (Å²) in [6, 6.07) is 8.69. The number of hydrogen-bond donors (Lipinski definition) is 1. The Morgan fingerprint density at radius 1 is 1.29 bits per heavy atom. The van der Waals surface area contributed by atoms with Crippen molar-refractivity contribution in [3.05, 3.63) is 24.3 Å². The molecule has 3 rings (SSSR count). The summed E-state index contributed by atoms with van der Waals surface area (Å²) in [7, 11) is 0. The SMILES string of the molecule is Nc1ccc(N2C[C@@H]3C[C@H]2CO3)cc1. The van der Waals surface area contributed by atoms with Crippen LogP contribution in [-0.2, 0) is 4.74 Å². The fourth-order valence-corrected chi connectivity index (χ4v) is 2.38. The molecule has 0 aromatic heterocycles. The van der Waals surface area contributed by atoms with Crippen molar-refractivity contribution in [3.63, 3.8) is 0 Å². The molecule has 0 spiro atoms. The van der Waals surface area contributed by atoms with E-state index in [0.29, 0.717) is 12.1 Å². The quantitative estimate of drug-likeness (QED) is 0.677. The summed E-state index contributed by atoms with van der Waals surface area (Å²) >= 11 is 0. The highest BCUT2D eigenvalue weighted by Crippen LogP contribution is 2.32. The topological polar surface area (TPSA) is 38.5 Å². The summed E-state index contributed by atoms with van der Waals surface area (Å²) < 4.78 is 5.56. The van der Waals surface area contributed by atoms with Gasteiger partial charge in [-0.25, -0.2) is 0 Å². The second-order valence-electron chi connectivity index (χ2n) is 4.09. The van der Waals surface area contributed by atoms with Gasteiger partial charge >= 0.3 is 0 Å². The van der Waals surface area contributed by atoms with Crippen LogP contribution >= 0.6 is 0 Å². The van der Waals surface area contributed by atoms with Gasteiger partial charge in [-0.05, 0) is 30.7 Å². The monoisotopic (exact) mass is 190 g/mol. The van der Waals surface area contributed by atoms with Crippen LogP contribution in [-0.4, -0.2) is 25.3 Å². The van der Waals surface area contributed by atoms with E-state index >= 15 is 0 Å². The Balaban J connectivity index is 1.86. The van der Waals surface area contributed by atoms with E-state index < -0.39 is 0 Å².